The van der Waals surface area contributed by atoms with Gasteiger partial charge >= 0.3 is 0 Å². The van der Waals surface area contributed by atoms with E-state index >= 15 is 0 Å². The number of imidazole rings is 1. The summed E-state index contributed by atoms with van der Waals surface area (Å²) >= 11 is 7.86. The van der Waals surface area contributed by atoms with Gasteiger partial charge in [0.1, 0.15) is 5.82 Å². The van der Waals surface area contributed by atoms with Crippen LogP contribution in [0, 0.1) is 0 Å². The third-order valence-corrected chi connectivity index (χ3v) is 7.91. The Balaban J connectivity index is 1.33. The van der Waals surface area contributed by atoms with Crippen molar-refractivity contribution in [3.8, 4) is 0 Å². The Kier molecular flexibility index (Phi) is 13.0. The molecule has 0 aliphatic carbocycles. The Bertz CT molecular complexity index is 935. The van der Waals surface area contributed by atoms with E-state index < -0.39 is 0 Å². The molecule has 0 N–H and O–H groups in total. The molecule has 0 spiro atoms. The van der Waals surface area contributed by atoms with E-state index in [0.717, 1.165) is 22.8 Å². The fraction of sp³-hybridized carbons (Fsp3) is 0.567. The molecule has 0 aliphatic heterocycles. The number of hydrogen-bond acceptors (Lipinski definition) is 2. The molecule has 1 aromatic heterocycles. The third kappa shape index (κ3) is 9.66. The number of nitrogens with zero attached hydrogens (tertiary/aromatic N) is 2. The van der Waals surface area contributed by atoms with E-state index in [2.05, 4.69) is 47.9 Å². The van der Waals surface area contributed by atoms with E-state index in [0.29, 0.717) is 0 Å². The second-order valence-electron chi connectivity index (χ2n) is 9.51. The first-order chi connectivity index (χ1) is 16.8. The highest BCUT2D eigenvalue weighted by Gasteiger charge is 2.10. The molecule has 3 aromatic rings. The monoisotopic (exact) mass is 498 g/mol. The van der Waals surface area contributed by atoms with Crippen molar-refractivity contribution < 1.29 is 0 Å². The van der Waals surface area contributed by atoms with E-state index in [1.165, 1.54) is 106 Å². The molecule has 0 aliphatic rings. The molecule has 34 heavy (non-hydrogen) atoms. The van der Waals surface area contributed by atoms with Crippen LogP contribution in [-0.4, -0.2) is 9.55 Å². The number of aryl methyl sites for hydroxylation is 1. The first kappa shape index (κ1) is 27.1. The van der Waals surface area contributed by atoms with Crippen LogP contribution >= 0.6 is 23.4 Å². The van der Waals surface area contributed by atoms with Gasteiger partial charge in [-0.3, -0.25) is 0 Å². The molecular weight excluding hydrogens is 456 g/mol. The molecule has 3 rings (SSSR count). The highest BCUT2D eigenvalue weighted by Crippen LogP contribution is 2.26. The van der Waals surface area contributed by atoms with Gasteiger partial charge in [-0.2, -0.15) is 0 Å². The molecule has 0 saturated heterocycles. The Labute approximate surface area is 216 Å². The minimum Gasteiger partial charge on any atom is -0.327 e. The summed E-state index contributed by atoms with van der Waals surface area (Å²) < 4.78 is 2.44. The van der Waals surface area contributed by atoms with E-state index in [-0.39, 0.29) is 0 Å². The molecule has 0 saturated carbocycles. The molecule has 186 valence electrons. The quantitative estimate of drug-likeness (QED) is 0.128. The topological polar surface area (TPSA) is 17.8 Å². The summed E-state index contributed by atoms with van der Waals surface area (Å²) in [5, 5.41) is 0.786. The number of rotatable bonds is 18. The minimum atomic E-state index is 0.786. The summed E-state index contributed by atoms with van der Waals surface area (Å²) in [5.41, 5.74) is 2.38. The SMILES string of the molecule is CCCCCCCCCCCCCCCCn1c(CSc2ccc(Cl)cc2)nc2ccccc21. The molecule has 0 amide bonds. The van der Waals surface area contributed by atoms with Crippen LogP contribution in [0.1, 0.15) is 103 Å². The van der Waals surface area contributed by atoms with E-state index in [1.807, 2.05) is 23.9 Å². The number of thioether (sulfide) groups is 1. The number of fused-ring (bicyclic) bond motifs is 1. The zero-order valence-electron chi connectivity index (χ0n) is 21.1. The standard InChI is InChI=1S/C30H43ClN2S/c1-2-3-4-5-6-7-8-9-10-11-12-13-14-17-24-33-29-19-16-15-18-28(29)32-30(33)25-34-27-22-20-26(31)21-23-27/h15-16,18-23H,2-14,17,24-25H2,1H3. The van der Waals surface area contributed by atoms with Crippen LogP contribution in [0.25, 0.3) is 11.0 Å². The van der Waals surface area contributed by atoms with Gasteiger partial charge in [0.05, 0.1) is 16.8 Å². The van der Waals surface area contributed by atoms with Crippen molar-refractivity contribution in [1.82, 2.24) is 9.55 Å². The number of aromatic nitrogens is 2. The summed E-state index contributed by atoms with van der Waals surface area (Å²) in [4.78, 5) is 6.18. The van der Waals surface area contributed by atoms with Crippen LogP contribution in [0.3, 0.4) is 0 Å². The van der Waals surface area contributed by atoms with Crippen molar-refractivity contribution in [2.75, 3.05) is 0 Å². The lowest BCUT2D eigenvalue weighted by atomic mass is 10.0. The van der Waals surface area contributed by atoms with Gasteiger partial charge in [-0.1, -0.05) is 114 Å². The van der Waals surface area contributed by atoms with Gasteiger partial charge in [0, 0.05) is 16.5 Å². The van der Waals surface area contributed by atoms with E-state index in [1.54, 1.807) is 0 Å². The van der Waals surface area contributed by atoms with Crippen LogP contribution in [0.4, 0.5) is 0 Å². The lowest BCUT2D eigenvalue weighted by molar-refractivity contribution is 0.524. The van der Waals surface area contributed by atoms with Gasteiger partial charge in [0.25, 0.3) is 0 Å². The Hall–Kier alpha value is -1.45. The van der Waals surface area contributed by atoms with Crippen LogP contribution in [0.5, 0.6) is 0 Å². The molecule has 0 radical (unpaired) electrons. The van der Waals surface area contributed by atoms with Gasteiger partial charge in [-0.25, -0.2) is 4.98 Å². The second kappa shape index (κ2) is 16.3. The summed E-state index contributed by atoms with van der Waals surface area (Å²) in [5.74, 6) is 2.06. The van der Waals surface area contributed by atoms with Crippen molar-refractivity contribution in [3.63, 3.8) is 0 Å². The summed E-state index contributed by atoms with van der Waals surface area (Å²) in [6.07, 6.45) is 19.5. The number of para-hydroxylation sites is 2. The molecule has 0 unspecified atom stereocenters. The lowest BCUT2D eigenvalue weighted by Gasteiger charge is -2.10. The molecule has 2 nitrogen and oxygen atoms in total. The van der Waals surface area contributed by atoms with Gasteiger partial charge in [-0.15, -0.1) is 11.8 Å². The number of halogens is 1. The van der Waals surface area contributed by atoms with Crippen molar-refractivity contribution in [1.29, 1.82) is 0 Å². The zero-order valence-corrected chi connectivity index (χ0v) is 22.7. The maximum Gasteiger partial charge on any atom is 0.120 e. The van der Waals surface area contributed by atoms with Crippen LogP contribution < -0.4 is 0 Å². The molecule has 1 heterocycles. The number of hydrogen-bond donors (Lipinski definition) is 0. The average molecular weight is 499 g/mol. The lowest BCUT2D eigenvalue weighted by Crippen LogP contribution is -2.03. The second-order valence-corrected chi connectivity index (χ2v) is 11.0. The molecule has 0 fully saturated rings. The Morgan fingerprint density at radius 2 is 1.26 bits per heavy atom. The zero-order chi connectivity index (χ0) is 23.8. The first-order valence-corrected chi connectivity index (χ1v) is 15.0. The van der Waals surface area contributed by atoms with E-state index in [4.69, 9.17) is 16.6 Å². The molecule has 4 heteroatoms. The minimum absolute atomic E-state index is 0.786. The smallest absolute Gasteiger partial charge is 0.120 e. The highest BCUT2D eigenvalue weighted by atomic mass is 35.5. The maximum absolute atomic E-state index is 6.03. The number of unbranched alkanes of at least 4 members (excludes halogenated alkanes) is 13. The summed E-state index contributed by atoms with van der Waals surface area (Å²) in [6, 6.07) is 16.7. The first-order valence-electron chi connectivity index (χ1n) is 13.6. The van der Waals surface area contributed by atoms with Crippen LogP contribution in [0.2, 0.25) is 5.02 Å². The fourth-order valence-electron chi connectivity index (χ4n) is 4.63. The third-order valence-electron chi connectivity index (χ3n) is 6.65. The van der Waals surface area contributed by atoms with Crippen molar-refractivity contribution in [2.24, 2.45) is 0 Å². The van der Waals surface area contributed by atoms with Crippen molar-refractivity contribution >= 4 is 34.4 Å². The van der Waals surface area contributed by atoms with Crippen LogP contribution in [0.15, 0.2) is 53.4 Å². The van der Waals surface area contributed by atoms with Crippen molar-refractivity contribution in [3.05, 3.63) is 59.4 Å². The van der Waals surface area contributed by atoms with Gasteiger partial charge in [0.15, 0.2) is 0 Å². The van der Waals surface area contributed by atoms with Gasteiger partial charge in [-0.05, 0) is 42.8 Å². The maximum atomic E-state index is 6.03. The molecular formula is C30H43ClN2S. The molecule has 0 bridgehead atoms. The largest absolute Gasteiger partial charge is 0.327 e. The van der Waals surface area contributed by atoms with E-state index in [9.17, 15) is 0 Å². The Morgan fingerprint density at radius 1 is 0.706 bits per heavy atom. The average Bonchev–Trinajstić information content (AvgIpc) is 3.21. The van der Waals surface area contributed by atoms with Crippen molar-refractivity contribution in [2.45, 2.75) is 114 Å². The molecule has 0 atom stereocenters. The highest BCUT2D eigenvalue weighted by molar-refractivity contribution is 7.98. The van der Waals surface area contributed by atoms with Gasteiger partial charge in [0.2, 0.25) is 0 Å². The normalized spacial score (nSPS) is 11.5. The number of benzene rings is 2. The summed E-state index contributed by atoms with van der Waals surface area (Å²) in [6.45, 7) is 3.36. The van der Waals surface area contributed by atoms with Gasteiger partial charge < -0.3 is 4.57 Å². The Morgan fingerprint density at radius 3 is 1.88 bits per heavy atom. The predicted octanol–water partition coefficient (Wildman–Crippen LogP) is 10.5. The fourth-order valence-corrected chi connectivity index (χ4v) is 5.60. The summed E-state index contributed by atoms with van der Waals surface area (Å²) in [7, 11) is 0. The van der Waals surface area contributed by atoms with Crippen LogP contribution in [-0.2, 0) is 12.3 Å². The molecule has 2 aromatic carbocycles. The predicted molar refractivity (Wildman–Crippen MR) is 151 cm³/mol.